The second kappa shape index (κ2) is 5.31. The van der Waals surface area contributed by atoms with Crippen LogP contribution in [0.15, 0.2) is 18.2 Å². The fraction of sp³-hybridized carbons (Fsp3) is 0.533. The van der Waals surface area contributed by atoms with E-state index in [4.69, 9.17) is 14.2 Å². The monoisotopic (exact) mass is 275 g/mol. The highest BCUT2D eigenvalue weighted by Crippen LogP contribution is 2.42. The molecule has 0 spiro atoms. The molecule has 2 aliphatic heterocycles. The third kappa shape index (κ3) is 2.21. The predicted octanol–water partition coefficient (Wildman–Crippen LogP) is 1.81. The van der Waals surface area contributed by atoms with Crippen molar-refractivity contribution in [2.75, 3.05) is 26.4 Å². The Hall–Kier alpha value is -1.77. The van der Waals surface area contributed by atoms with Crippen LogP contribution in [0.5, 0.6) is 11.5 Å². The van der Waals surface area contributed by atoms with Crippen LogP contribution in [0.3, 0.4) is 0 Å². The molecule has 2 aliphatic rings. The maximum atomic E-state index is 10.6. The molecule has 2 atom stereocenters. The van der Waals surface area contributed by atoms with Crippen LogP contribution < -0.4 is 9.47 Å². The predicted molar refractivity (Wildman–Crippen MR) is 70.5 cm³/mol. The molecular formula is C15H17NO4. The maximum Gasteiger partial charge on any atom is 0.161 e. The van der Waals surface area contributed by atoms with Gasteiger partial charge in [-0.2, -0.15) is 5.26 Å². The second-order valence-corrected chi connectivity index (χ2v) is 5.23. The highest BCUT2D eigenvalue weighted by molar-refractivity contribution is 5.45. The normalized spacial score (nSPS) is 26.6. The zero-order valence-electron chi connectivity index (χ0n) is 11.2. The molecule has 106 valence electrons. The van der Waals surface area contributed by atoms with Crippen molar-refractivity contribution in [3.8, 4) is 17.6 Å². The first kappa shape index (κ1) is 13.2. The Kier molecular flexibility index (Phi) is 3.51. The Morgan fingerprint density at radius 2 is 2.00 bits per heavy atom. The molecule has 2 heterocycles. The van der Waals surface area contributed by atoms with Crippen LogP contribution in [0.1, 0.15) is 24.5 Å². The average Bonchev–Trinajstić information content (AvgIpc) is 2.54. The number of rotatable bonds is 2. The fourth-order valence-electron chi connectivity index (χ4n) is 2.73. The number of hydrogen-bond donors (Lipinski definition) is 1. The minimum absolute atomic E-state index is 0.263. The molecule has 1 fully saturated rings. The lowest BCUT2D eigenvalue weighted by molar-refractivity contribution is -0.0507. The van der Waals surface area contributed by atoms with Crippen molar-refractivity contribution < 1.29 is 19.3 Å². The molecule has 0 amide bonds. The van der Waals surface area contributed by atoms with Crippen molar-refractivity contribution in [3.05, 3.63) is 23.8 Å². The molecule has 5 nitrogen and oxygen atoms in total. The van der Waals surface area contributed by atoms with Crippen molar-refractivity contribution in [1.29, 1.82) is 5.26 Å². The quantitative estimate of drug-likeness (QED) is 0.891. The van der Waals surface area contributed by atoms with Crippen LogP contribution in [0.25, 0.3) is 0 Å². The first-order valence-corrected chi connectivity index (χ1v) is 6.82. The van der Waals surface area contributed by atoms with Gasteiger partial charge in [0, 0.05) is 6.61 Å². The number of aliphatic hydroxyl groups excluding tert-OH is 1. The Labute approximate surface area is 117 Å². The van der Waals surface area contributed by atoms with Gasteiger partial charge in [0.25, 0.3) is 0 Å². The van der Waals surface area contributed by atoms with Crippen LogP contribution in [0.4, 0.5) is 0 Å². The molecule has 0 bridgehead atoms. The van der Waals surface area contributed by atoms with Gasteiger partial charge >= 0.3 is 0 Å². The van der Waals surface area contributed by atoms with Gasteiger partial charge in [0.05, 0.1) is 18.8 Å². The summed E-state index contributed by atoms with van der Waals surface area (Å²) in [5, 5.41) is 20.1. The second-order valence-electron chi connectivity index (χ2n) is 5.23. The summed E-state index contributed by atoms with van der Waals surface area (Å²) in [4.78, 5) is 0. The third-order valence-electron chi connectivity index (χ3n) is 3.90. The van der Waals surface area contributed by atoms with Gasteiger partial charge in [-0.15, -0.1) is 0 Å². The number of nitriles is 1. The minimum Gasteiger partial charge on any atom is -0.486 e. The molecule has 1 aromatic rings. The van der Waals surface area contributed by atoms with Crippen molar-refractivity contribution >= 4 is 0 Å². The topological polar surface area (TPSA) is 71.7 Å². The summed E-state index contributed by atoms with van der Waals surface area (Å²) in [6.45, 7) is 1.94. The molecule has 1 aromatic carbocycles. The van der Waals surface area contributed by atoms with E-state index in [1.807, 2.05) is 0 Å². The maximum absolute atomic E-state index is 10.6. The van der Waals surface area contributed by atoms with E-state index in [9.17, 15) is 10.4 Å². The Morgan fingerprint density at radius 1 is 1.20 bits per heavy atom. The number of nitrogens with zero attached hydrogens (tertiary/aromatic N) is 1. The summed E-state index contributed by atoms with van der Waals surface area (Å²) < 4.78 is 16.4. The van der Waals surface area contributed by atoms with E-state index in [1.54, 1.807) is 18.2 Å². The van der Waals surface area contributed by atoms with Gasteiger partial charge in [-0.3, -0.25) is 0 Å². The van der Waals surface area contributed by atoms with Gasteiger partial charge in [0.15, 0.2) is 11.5 Å². The largest absolute Gasteiger partial charge is 0.486 e. The first-order valence-electron chi connectivity index (χ1n) is 6.82. The highest BCUT2D eigenvalue weighted by Gasteiger charge is 2.41. The van der Waals surface area contributed by atoms with E-state index >= 15 is 0 Å². The van der Waals surface area contributed by atoms with Gasteiger partial charge in [0.1, 0.15) is 18.6 Å². The van der Waals surface area contributed by atoms with Gasteiger partial charge in [-0.25, -0.2) is 0 Å². The van der Waals surface area contributed by atoms with Crippen LogP contribution in [0, 0.1) is 16.7 Å². The van der Waals surface area contributed by atoms with Crippen LogP contribution in [0.2, 0.25) is 0 Å². The lowest BCUT2D eigenvalue weighted by atomic mass is 9.76. The Morgan fingerprint density at radius 3 is 2.70 bits per heavy atom. The highest BCUT2D eigenvalue weighted by atomic mass is 16.6. The van der Waals surface area contributed by atoms with E-state index in [0.29, 0.717) is 43.3 Å². The van der Waals surface area contributed by atoms with Crippen molar-refractivity contribution in [1.82, 2.24) is 0 Å². The molecule has 5 heteroatoms. The molecular weight excluding hydrogens is 258 g/mol. The zero-order chi connectivity index (χ0) is 14.0. The summed E-state index contributed by atoms with van der Waals surface area (Å²) in [5.41, 5.74) is -0.205. The van der Waals surface area contributed by atoms with E-state index < -0.39 is 11.5 Å². The summed E-state index contributed by atoms with van der Waals surface area (Å²) in [6, 6.07) is 7.57. The van der Waals surface area contributed by atoms with Gasteiger partial charge in [-0.1, -0.05) is 6.07 Å². The Balaban J connectivity index is 1.89. The molecule has 0 radical (unpaired) electrons. The molecule has 0 aliphatic carbocycles. The van der Waals surface area contributed by atoms with Crippen molar-refractivity contribution in [2.45, 2.75) is 18.9 Å². The van der Waals surface area contributed by atoms with E-state index in [-0.39, 0.29) is 6.61 Å². The van der Waals surface area contributed by atoms with Crippen LogP contribution in [-0.4, -0.2) is 31.5 Å². The van der Waals surface area contributed by atoms with Gasteiger partial charge in [0.2, 0.25) is 0 Å². The molecule has 3 rings (SSSR count). The molecule has 0 saturated carbocycles. The number of aliphatic hydroxyl groups is 1. The van der Waals surface area contributed by atoms with E-state index in [1.165, 1.54) is 0 Å². The lowest BCUT2D eigenvalue weighted by Gasteiger charge is -2.35. The molecule has 1 N–H and O–H groups in total. The average molecular weight is 275 g/mol. The molecule has 20 heavy (non-hydrogen) atoms. The minimum atomic E-state index is -0.886. The standard InChI is InChI=1S/C15H17NO4/c16-9-15(4-1-5-18-10-15)14(17)11-2-3-12-13(8-11)20-7-6-19-12/h2-3,8,14,17H,1,4-7,10H2. The lowest BCUT2D eigenvalue weighted by Crippen LogP contribution is -2.36. The molecule has 1 saturated heterocycles. The van der Waals surface area contributed by atoms with Gasteiger partial charge in [-0.05, 0) is 30.5 Å². The van der Waals surface area contributed by atoms with Gasteiger partial charge < -0.3 is 19.3 Å². The number of ether oxygens (including phenoxy) is 3. The Bertz CT molecular complexity index is 531. The first-order chi connectivity index (χ1) is 9.75. The van der Waals surface area contributed by atoms with E-state index in [0.717, 1.165) is 6.42 Å². The SMILES string of the molecule is N#CC1(C(O)c2ccc3c(c2)OCCO3)CCCOC1. The van der Waals surface area contributed by atoms with Crippen LogP contribution in [-0.2, 0) is 4.74 Å². The van der Waals surface area contributed by atoms with Crippen molar-refractivity contribution in [3.63, 3.8) is 0 Å². The summed E-state index contributed by atoms with van der Waals surface area (Å²) in [5.74, 6) is 1.30. The fourth-order valence-corrected chi connectivity index (χ4v) is 2.73. The van der Waals surface area contributed by atoms with Crippen LogP contribution >= 0.6 is 0 Å². The smallest absolute Gasteiger partial charge is 0.161 e. The van der Waals surface area contributed by atoms with E-state index in [2.05, 4.69) is 6.07 Å². The molecule has 0 aromatic heterocycles. The van der Waals surface area contributed by atoms with Crippen molar-refractivity contribution in [2.24, 2.45) is 5.41 Å². The number of benzene rings is 1. The summed E-state index contributed by atoms with van der Waals surface area (Å²) >= 11 is 0. The zero-order valence-corrected chi connectivity index (χ0v) is 11.2. The third-order valence-corrected chi connectivity index (χ3v) is 3.90. The summed E-state index contributed by atoms with van der Waals surface area (Å²) in [6.07, 6.45) is 0.539. The molecule has 2 unspecified atom stereocenters. The summed E-state index contributed by atoms with van der Waals surface area (Å²) in [7, 11) is 0. The number of fused-ring (bicyclic) bond motifs is 1. The number of hydrogen-bond acceptors (Lipinski definition) is 5.